The number of rotatable bonds is 0. The first-order valence-electron chi connectivity index (χ1n) is 2.93. The molecule has 9 heavy (non-hydrogen) atoms. The molecular weight excluding hydrogens is 116 g/mol. The van der Waals surface area contributed by atoms with Crippen LogP contribution in [0, 0.1) is 0 Å². The molecule has 2 N–H and O–H groups in total. The fraction of sp³-hybridized carbons (Fsp3) is 0.400. The van der Waals surface area contributed by atoms with Crippen LogP contribution in [0.15, 0.2) is 12.4 Å². The van der Waals surface area contributed by atoms with Gasteiger partial charge in [0.15, 0.2) is 18.9 Å². The monoisotopic (exact) mass is 124 g/mol. The van der Waals surface area contributed by atoms with Gasteiger partial charge in [0.05, 0.1) is 0 Å². The van der Waals surface area contributed by atoms with Gasteiger partial charge in [-0.3, -0.25) is 0 Å². The first kappa shape index (κ1) is 4.81. The number of nitrogens with zero attached hydrogens (tertiary/aromatic N) is 2. The number of hydrogen-bond acceptors (Lipinski definition) is 2. The topological polar surface area (TPSA) is 42.9 Å². The van der Waals surface area contributed by atoms with Gasteiger partial charge >= 0.3 is 5.82 Å². The molecule has 0 aromatic carbocycles. The van der Waals surface area contributed by atoms with Gasteiger partial charge in [0.25, 0.3) is 0 Å². The third-order valence-corrected chi connectivity index (χ3v) is 1.40. The summed E-state index contributed by atoms with van der Waals surface area (Å²) in [5.74, 6) is 1.14. The summed E-state index contributed by atoms with van der Waals surface area (Å²) in [6.45, 7) is 1.72. The zero-order valence-corrected chi connectivity index (χ0v) is 4.96. The minimum absolute atomic E-state index is 0.826. The normalized spacial score (nSPS) is 15.6. The molecule has 1 aromatic heterocycles. The predicted molar refractivity (Wildman–Crippen MR) is 27.8 cm³/mol. The number of aromatic nitrogens is 3. The van der Waals surface area contributed by atoms with Gasteiger partial charge in [-0.1, -0.05) is 0 Å². The van der Waals surface area contributed by atoms with E-state index in [1.165, 1.54) is 0 Å². The molecule has 1 aromatic rings. The smallest absolute Gasteiger partial charge is 0.243 e. The lowest BCUT2D eigenvalue weighted by molar-refractivity contribution is -0.794. The largest absolute Gasteiger partial charge is 0.456 e. The Morgan fingerprint density at radius 3 is 3.67 bits per heavy atom. The minimum Gasteiger partial charge on any atom is -0.243 e. The summed E-state index contributed by atoms with van der Waals surface area (Å²) in [4.78, 5) is 3.09. The van der Waals surface area contributed by atoms with Crippen molar-refractivity contribution in [2.75, 3.05) is 0 Å². The zero-order valence-electron chi connectivity index (χ0n) is 4.96. The molecule has 0 spiro atoms. The molecule has 0 saturated carbocycles. The maximum Gasteiger partial charge on any atom is 0.456 e. The van der Waals surface area contributed by atoms with Crippen molar-refractivity contribution in [1.82, 2.24) is 10.4 Å². The lowest BCUT2D eigenvalue weighted by Gasteiger charge is -1.76. The van der Waals surface area contributed by atoms with Crippen molar-refractivity contribution >= 4 is 0 Å². The van der Waals surface area contributed by atoms with Crippen LogP contribution in [-0.2, 0) is 13.2 Å². The van der Waals surface area contributed by atoms with E-state index in [4.69, 9.17) is 0 Å². The summed E-state index contributed by atoms with van der Waals surface area (Å²) in [6, 6.07) is 0. The number of hydrogen-bond donors (Lipinski definition) is 1. The standard InChI is InChI=1S/C5H7N4/c1-2-8-9-4-6-3-5(9)7-1/h1-2,6H,3-4H2/q+1/p+1. The Hall–Kier alpha value is -1.03. The van der Waals surface area contributed by atoms with E-state index in [0.717, 1.165) is 19.0 Å². The van der Waals surface area contributed by atoms with Gasteiger partial charge in [-0.2, -0.15) is 4.98 Å². The van der Waals surface area contributed by atoms with Gasteiger partial charge in [-0.15, -0.1) is 0 Å². The van der Waals surface area contributed by atoms with Crippen LogP contribution in [0.25, 0.3) is 0 Å². The van der Waals surface area contributed by atoms with Crippen molar-refractivity contribution in [1.29, 1.82) is 0 Å². The number of aromatic amines is 1. The van der Waals surface area contributed by atoms with Crippen molar-refractivity contribution in [2.24, 2.45) is 0 Å². The highest BCUT2D eigenvalue weighted by Gasteiger charge is 2.24. The van der Waals surface area contributed by atoms with Crippen molar-refractivity contribution in [2.45, 2.75) is 13.2 Å². The van der Waals surface area contributed by atoms with E-state index in [1.54, 1.807) is 6.20 Å². The van der Waals surface area contributed by atoms with Crippen molar-refractivity contribution in [3.63, 3.8) is 0 Å². The highest BCUT2D eigenvalue weighted by molar-refractivity contribution is 4.62. The SMILES string of the molecule is c1c[nH+]c2[n+](n1)CNC2. The average Bonchev–Trinajstić information content (AvgIpc) is 2.33. The third-order valence-electron chi connectivity index (χ3n) is 1.40. The quantitative estimate of drug-likeness (QED) is 0.416. The van der Waals surface area contributed by atoms with Crippen LogP contribution in [0.3, 0.4) is 0 Å². The Bertz CT molecular complexity index is 199. The molecule has 46 valence electrons. The molecule has 0 saturated heterocycles. The van der Waals surface area contributed by atoms with Crippen LogP contribution >= 0.6 is 0 Å². The van der Waals surface area contributed by atoms with Gasteiger partial charge in [0.1, 0.15) is 0 Å². The third kappa shape index (κ3) is 0.675. The molecule has 0 amide bonds. The Balaban J connectivity index is 2.54. The van der Waals surface area contributed by atoms with Crippen LogP contribution in [0.2, 0.25) is 0 Å². The maximum absolute atomic E-state index is 4.08. The maximum atomic E-state index is 4.08. The van der Waals surface area contributed by atoms with Crippen LogP contribution in [0.5, 0.6) is 0 Å². The fourth-order valence-electron chi connectivity index (χ4n) is 0.950. The molecule has 0 fully saturated rings. The summed E-state index contributed by atoms with van der Waals surface area (Å²) < 4.78 is 1.90. The lowest BCUT2D eigenvalue weighted by atomic mass is 10.6. The molecule has 0 unspecified atom stereocenters. The fourth-order valence-corrected chi connectivity index (χ4v) is 0.950. The summed E-state index contributed by atoms with van der Waals surface area (Å²) in [7, 11) is 0. The Morgan fingerprint density at radius 1 is 1.78 bits per heavy atom. The van der Waals surface area contributed by atoms with Gasteiger partial charge in [0.2, 0.25) is 6.67 Å². The molecule has 0 atom stereocenters. The summed E-state index contributed by atoms with van der Waals surface area (Å²) >= 11 is 0. The van der Waals surface area contributed by atoms with Gasteiger partial charge in [-0.25, -0.2) is 5.32 Å². The highest BCUT2D eigenvalue weighted by Crippen LogP contribution is 1.81. The second kappa shape index (κ2) is 1.73. The summed E-state index contributed by atoms with van der Waals surface area (Å²) in [5, 5.41) is 7.24. The molecule has 0 aliphatic carbocycles. The first-order valence-corrected chi connectivity index (χ1v) is 2.93. The van der Waals surface area contributed by atoms with Crippen LogP contribution < -0.4 is 15.0 Å². The molecule has 2 rings (SSSR count). The Labute approximate surface area is 52.5 Å². The molecule has 0 bridgehead atoms. The summed E-state index contributed by atoms with van der Waals surface area (Å²) in [5.41, 5.74) is 0. The second-order valence-corrected chi connectivity index (χ2v) is 2.01. The van der Waals surface area contributed by atoms with Gasteiger partial charge < -0.3 is 0 Å². The molecule has 1 aliphatic heterocycles. The number of nitrogens with one attached hydrogen (secondary N) is 2. The van der Waals surface area contributed by atoms with E-state index >= 15 is 0 Å². The Kier molecular flexibility index (Phi) is 0.927. The molecular formula is C5H8N4+2. The molecule has 2 heterocycles. The molecule has 1 aliphatic rings. The summed E-state index contributed by atoms with van der Waals surface area (Å²) in [6.07, 6.45) is 3.58. The average molecular weight is 124 g/mol. The van der Waals surface area contributed by atoms with Crippen molar-refractivity contribution in [3.8, 4) is 0 Å². The number of fused-ring (bicyclic) bond motifs is 1. The Morgan fingerprint density at radius 2 is 2.78 bits per heavy atom. The van der Waals surface area contributed by atoms with Gasteiger partial charge in [-0.05, 0) is 4.68 Å². The van der Waals surface area contributed by atoms with E-state index in [9.17, 15) is 0 Å². The van der Waals surface area contributed by atoms with Crippen molar-refractivity contribution in [3.05, 3.63) is 18.2 Å². The van der Waals surface area contributed by atoms with E-state index in [2.05, 4.69) is 15.4 Å². The van der Waals surface area contributed by atoms with E-state index in [0.29, 0.717) is 0 Å². The first-order chi connectivity index (χ1) is 4.47. The van der Waals surface area contributed by atoms with Crippen molar-refractivity contribution < 1.29 is 9.67 Å². The molecule has 4 heteroatoms. The van der Waals surface area contributed by atoms with E-state index in [1.807, 2.05) is 10.9 Å². The van der Waals surface area contributed by atoms with Crippen LogP contribution in [-0.4, -0.2) is 5.10 Å². The highest BCUT2D eigenvalue weighted by atomic mass is 15.4. The van der Waals surface area contributed by atoms with E-state index in [-0.39, 0.29) is 0 Å². The van der Waals surface area contributed by atoms with Crippen LogP contribution in [0.4, 0.5) is 0 Å². The lowest BCUT2D eigenvalue weighted by Crippen LogP contribution is -2.43. The second-order valence-electron chi connectivity index (χ2n) is 2.01. The van der Waals surface area contributed by atoms with Crippen LogP contribution in [0.1, 0.15) is 5.82 Å². The zero-order chi connectivity index (χ0) is 6.10. The molecule has 4 nitrogen and oxygen atoms in total. The number of H-pyrrole nitrogens is 1. The minimum atomic E-state index is 0.826. The predicted octanol–water partition coefficient (Wildman–Crippen LogP) is -1.76. The van der Waals surface area contributed by atoms with E-state index < -0.39 is 0 Å². The van der Waals surface area contributed by atoms with Gasteiger partial charge in [0, 0.05) is 5.10 Å². The molecule has 0 radical (unpaired) electrons.